The molecular weight excluding hydrogens is 424 g/mol. The molecule has 3 aliphatic carbocycles. The van der Waals surface area contributed by atoms with E-state index in [-0.39, 0.29) is 0 Å². The Balaban J connectivity index is 1.50. The lowest BCUT2D eigenvalue weighted by Crippen LogP contribution is -2.04. The van der Waals surface area contributed by atoms with Crippen molar-refractivity contribution in [1.82, 2.24) is 0 Å². The van der Waals surface area contributed by atoms with Gasteiger partial charge in [-0.25, -0.2) is 0 Å². The molecule has 1 heteroatoms. The van der Waals surface area contributed by atoms with E-state index < -0.39 is 0 Å². The Kier molecular flexibility index (Phi) is 2.68. The molecular formula is C34H18O. The fourth-order valence-corrected chi connectivity index (χ4v) is 7.53. The minimum absolute atomic E-state index is 0.939. The van der Waals surface area contributed by atoms with Gasteiger partial charge in [0.25, 0.3) is 0 Å². The van der Waals surface area contributed by atoms with Crippen molar-refractivity contribution in [3.8, 4) is 11.5 Å². The van der Waals surface area contributed by atoms with Gasteiger partial charge in [-0.05, 0) is 96.2 Å². The van der Waals surface area contributed by atoms with Crippen molar-refractivity contribution < 1.29 is 4.74 Å². The van der Waals surface area contributed by atoms with E-state index in [1.807, 2.05) is 0 Å². The maximum Gasteiger partial charge on any atom is 0.135 e. The summed E-state index contributed by atoms with van der Waals surface area (Å²) >= 11 is 0. The number of para-hydroxylation sites is 2. The zero-order valence-electron chi connectivity index (χ0n) is 18.9. The molecule has 6 aromatic rings. The Morgan fingerprint density at radius 3 is 1.29 bits per heavy atom. The zero-order valence-corrected chi connectivity index (χ0v) is 18.9. The van der Waals surface area contributed by atoms with Crippen LogP contribution in [0.25, 0.3) is 43.5 Å². The summed E-state index contributed by atoms with van der Waals surface area (Å²) in [5.74, 6) is 1.88. The molecule has 35 heavy (non-hydrogen) atoms. The molecule has 1 nitrogen and oxygen atoms in total. The zero-order chi connectivity index (χ0) is 22.4. The Hall–Kier alpha value is -4.36. The number of rotatable bonds is 0. The highest BCUT2D eigenvalue weighted by molar-refractivity contribution is 6.38. The number of fused-ring (bicyclic) bond motifs is 2. The Morgan fingerprint density at radius 1 is 0.371 bits per heavy atom. The molecule has 1 aliphatic heterocycles. The summed E-state index contributed by atoms with van der Waals surface area (Å²) in [6, 6.07) is 31.4. The molecule has 0 spiro atoms. The molecule has 0 bridgehead atoms. The van der Waals surface area contributed by atoms with Gasteiger partial charge in [0.05, 0.1) is 0 Å². The first kappa shape index (κ1) is 17.1. The number of ether oxygens (including phenoxy) is 1. The molecule has 10 rings (SSSR count). The van der Waals surface area contributed by atoms with E-state index in [2.05, 4.69) is 84.9 Å². The first-order valence-corrected chi connectivity index (χ1v) is 12.5. The molecule has 0 saturated carbocycles. The number of benzene rings is 6. The Labute approximate surface area is 201 Å². The lowest BCUT2D eigenvalue weighted by atomic mass is 9.85. The van der Waals surface area contributed by atoms with Gasteiger partial charge in [0.2, 0.25) is 0 Å². The molecule has 160 valence electrons. The monoisotopic (exact) mass is 442 g/mol. The maximum absolute atomic E-state index is 6.37. The highest BCUT2D eigenvalue weighted by Gasteiger charge is 2.36. The van der Waals surface area contributed by atoms with Crippen LogP contribution in [0.2, 0.25) is 0 Å². The van der Waals surface area contributed by atoms with Crippen LogP contribution in [-0.4, -0.2) is 0 Å². The van der Waals surface area contributed by atoms with E-state index in [1.165, 1.54) is 88.0 Å². The fraction of sp³-hybridized carbons (Fsp3) is 0.0588. The van der Waals surface area contributed by atoms with Gasteiger partial charge in [-0.2, -0.15) is 0 Å². The summed E-state index contributed by atoms with van der Waals surface area (Å²) < 4.78 is 6.37. The SMILES string of the molecule is c1ccc2c(c1)Oc1ccccc1C2=C1c2ccc3c4c5c(ccc6c5c5c(ccc1c5c24)C6)C3. The first-order valence-electron chi connectivity index (χ1n) is 12.5. The minimum Gasteiger partial charge on any atom is -0.456 e. The summed E-state index contributed by atoms with van der Waals surface area (Å²) in [5.41, 5.74) is 13.7. The van der Waals surface area contributed by atoms with E-state index in [9.17, 15) is 0 Å². The summed E-state index contributed by atoms with van der Waals surface area (Å²) in [6.45, 7) is 0. The van der Waals surface area contributed by atoms with Crippen LogP contribution in [-0.2, 0) is 12.8 Å². The Bertz CT molecular complexity index is 1930. The van der Waals surface area contributed by atoms with Gasteiger partial charge >= 0.3 is 0 Å². The van der Waals surface area contributed by atoms with Crippen molar-refractivity contribution in [2.24, 2.45) is 0 Å². The lowest BCUT2D eigenvalue weighted by molar-refractivity contribution is 0.474. The van der Waals surface area contributed by atoms with Crippen molar-refractivity contribution in [1.29, 1.82) is 0 Å². The third-order valence-corrected chi connectivity index (χ3v) is 8.79. The molecule has 0 radical (unpaired) electrons. The van der Waals surface area contributed by atoms with Crippen molar-refractivity contribution in [3.05, 3.63) is 129 Å². The van der Waals surface area contributed by atoms with Crippen molar-refractivity contribution in [2.75, 3.05) is 0 Å². The molecule has 0 atom stereocenters. The predicted octanol–water partition coefficient (Wildman–Crippen LogP) is 8.38. The van der Waals surface area contributed by atoms with Gasteiger partial charge < -0.3 is 4.74 Å². The molecule has 4 aliphatic rings. The average molecular weight is 443 g/mol. The molecule has 0 unspecified atom stereocenters. The van der Waals surface area contributed by atoms with Crippen LogP contribution in [0.4, 0.5) is 0 Å². The van der Waals surface area contributed by atoms with Crippen LogP contribution in [0.5, 0.6) is 11.5 Å². The van der Waals surface area contributed by atoms with Crippen LogP contribution in [0.15, 0.2) is 84.9 Å². The quantitative estimate of drug-likeness (QED) is 0.214. The van der Waals surface area contributed by atoms with E-state index in [0.717, 1.165) is 24.3 Å². The second-order valence-corrected chi connectivity index (χ2v) is 10.4. The lowest BCUT2D eigenvalue weighted by Gasteiger charge is -2.25. The minimum atomic E-state index is 0.939. The highest BCUT2D eigenvalue weighted by Crippen LogP contribution is 2.58. The van der Waals surface area contributed by atoms with E-state index in [0.29, 0.717) is 0 Å². The summed E-state index contributed by atoms with van der Waals surface area (Å²) in [5, 5.41) is 9.01. The predicted molar refractivity (Wildman–Crippen MR) is 143 cm³/mol. The molecule has 6 aromatic carbocycles. The highest BCUT2D eigenvalue weighted by atomic mass is 16.5. The smallest absolute Gasteiger partial charge is 0.135 e. The van der Waals surface area contributed by atoms with Crippen molar-refractivity contribution in [2.45, 2.75) is 12.8 Å². The third-order valence-electron chi connectivity index (χ3n) is 8.79. The van der Waals surface area contributed by atoms with Crippen LogP contribution in [0.3, 0.4) is 0 Å². The third kappa shape index (κ3) is 1.78. The molecule has 0 fully saturated rings. The topological polar surface area (TPSA) is 9.23 Å². The van der Waals surface area contributed by atoms with Crippen LogP contribution < -0.4 is 4.74 Å². The van der Waals surface area contributed by atoms with Crippen LogP contribution in [0, 0.1) is 0 Å². The number of hydrogen-bond donors (Lipinski definition) is 0. The Morgan fingerprint density at radius 2 is 0.771 bits per heavy atom. The van der Waals surface area contributed by atoms with Gasteiger partial charge in [0, 0.05) is 16.7 Å². The standard InChI is InChI=1S/C34H18O/c1-3-7-25-21(5-1)31(22-6-2-4-8-26(22)35-25)32-23-13-11-19-15-17-9-10-18-16-20-12-14-24(32)34-30(20)28(18)27(17)29(19)33(23)34/h1-14H,15-16H2. The molecule has 0 amide bonds. The second-order valence-electron chi connectivity index (χ2n) is 10.4. The summed E-state index contributed by atoms with van der Waals surface area (Å²) in [7, 11) is 0. The summed E-state index contributed by atoms with van der Waals surface area (Å²) in [6.07, 6.45) is 2.10. The average Bonchev–Trinajstić information content (AvgIpc) is 3.55. The van der Waals surface area contributed by atoms with Crippen LogP contribution >= 0.6 is 0 Å². The van der Waals surface area contributed by atoms with Gasteiger partial charge in [0.15, 0.2) is 0 Å². The van der Waals surface area contributed by atoms with E-state index >= 15 is 0 Å². The molecule has 0 saturated heterocycles. The van der Waals surface area contributed by atoms with Crippen molar-refractivity contribution >= 4 is 43.5 Å². The molecule has 0 N–H and O–H groups in total. The van der Waals surface area contributed by atoms with Gasteiger partial charge in [-0.15, -0.1) is 0 Å². The van der Waals surface area contributed by atoms with E-state index in [1.54, 1.807) is 0 Å². The van der Waals surface area contributed by atoms with Gasteiger partial charge in [0.1, 0.15) is 11.5 Å². The normalized spacial score (nSPS) is 15.3. The largest absolute Gasteiger partial charge is 0.456 e. The summed E-state index contributed by atoms with van der Waals surface area (Å²) in [4.78, 5) is 0. The first-order chi connectivity index (χ1) is 17.4. The van der Waals surface area contributed by atoms with Gasteiger partial charge in [-0.1, -0.05) is 72.8 Å². The molecule has 0 aromatic heterocycles. The van der Waals surface area contributed by atoms with Gasteiger partial charge in [-0.3, -0.25) is 0 Å². The van der Waals surface area contributed by atoms with Crippen LogP contribution in [0.1, 0.15) is 44.5 Å². The fourth-order valence-electron chi connectivity index (χ4n) is 7.53. The molecule has 1 heterocycles. The number of hydrogen-bond acceptors (Lipinski definition) is 1. The van der Waals surface area contributed by atoms with Crippen molar-refractivity contribution in [3.63, 3.8) is 0 Å². The second kappa shape index (κ2) is 5.47. The maximum atomic E-state index is 6.37. The van der Waals surface area contributed by atoms with E-state index in [4.69, 9.17) is 4.74 Å².